The summed E-state index contributed by atoms with van der Waals surface area (Å²) in [5.41, 5.74) is 2.95. The Morgan fingerprint density at radius 2 is 1.63 bits per heavy atom. The van der Waals surface area contributed by atoms with Crippen molar-refractivity contribution in [3.05, 3.63) is 82.3 Å². The van der Waals surface area contributed by atoms with Crippen LogP contribution in [-0.4, -0.2) is 12.0 Å². The van der Waals surface area contributed by atoms with Crippen LogP contribution in [0.1, 0.15) is 25.8 Å². The predicted molar refractivity (Wildman–Crippen MR) is 125 cm³/mol. The summed E-state index contributed by atoms with van der Waals surface area (Å²) in [6, 6.07) is 20.3. The van der Waals surface area contributed by atoms with Gasteiger partial charge >= 0.3 is 0 Å². The number of benzene rings is 3. The van der Waals surface area contributed by atoms with Gasteiger partial charge in [0.1, 0.15) is 5.75 Å². The Bertz CT molecular complexity index is 986. The summed E-state index contributed by atoms with van der Waals surface area (Å²) < 4.78 is 5.77. The zero-order chi connectivity index (χ0) is 21.5. The van der Waals surface area contributed by atoms with Gasteiger partial charge in [-0.1, -0.05) is 54.4 Å². The molecular formula is C24H24Cl2N2O2. The molecule has 0 saturated heterocycles. The Morgan fingerprint density at radius 3 is 2.30 bits per heavy atom. The number of para-hydroxylation sites is 2. The Hall–Kier alpha value is -2.69. The van der Waals surface area contributed by atoms with Gasteiger partial charge in [0.15, 0.2) is 0 Å². The lowest BCUT2D eigenvalue weighted by atomic mass is 10.1. The molecule has 0 fully saturated rings. The van der Waals surface area contributed by atoms with Crippen molar-refractivity contribution in [2.75, 3.05) is 10.6 Å². The average molecular weight is 443 g/mol. The third-order valence-electron chi connectivity index (χ3n) is 4.64. The third-order valence-corrected chi connectivity index (χ3v) is 5.27. The lowest BCUT2D eigenvalue weighted by Crippen LogP contribution is -2.15. The molecule has 3 rings (SSSR count). The second kappa shape index (κ2) is 10.4. The molecule has 6 heteroatoms. The van der Waals surface area contributed by atoms with Crippen LogP contribution in [0.15, 0.2) is 66.7 Å². The molecule has 1 atom stereocenters. The Kier molecular flexibility index (Phi) is 7.61. The molecule has 4 nitrogen and oxygen atoms in total. The highest BCUT2D eigenvalue weighted by Gasteiger charge is 2.12. The maximum atomic E-state index is 12.6. The van der Waals surface area contributed by atoms with Crippen LogP contribution in [0.25, 0.3) is 0 Å². The topological polar surface area (TPSA) is 50.4 Å². The second-order valence-electron chi connectivity index (χ2n) is 6.96. The maximum Gasteiger partial charge on any atom is 0.228 e. The van der Waals surface area contributed by atoms with Crippen LogP contribution in [-0.2, 0) is 11.2 Å². The molecule has 2 N–H and O–H groups in total. The number of carbonyl (C=O) groups excluding carboxylic acids is 1. The number of carbonyl (C=O) groups is 1. The number of anilines is 3. The lowest BCUT2D eigenvalue weighted by Gasteiger charge is -2.15. The highest BCUT2D eigenvalue weighted by Crippen LogP contribution is 2.33. The van der Waals surface area contributed by atoms with Crippen LogP contribution in [0, 0.1) is 0 Å². The predicted octanol–water partition coefficient (Wildman–Crippen LogP) is 7.10. The number of hydrogen-bond acceptors (Lipinski definition) is 3. The van der Waals surface area contributed by atoms with E-state index in [9.17, 15) is 4.79 Å². The summed E-state index contributed by atoms with van der Waals surface area (Å²) in [6.07, 6.45) is 1.29. The quantitative estimate of drug-likeness (QED) is 0.391. The van der Waals surface area contributed by atoms with Crippen molar-refractivity contribution in [3.63, 3.8) is 0 Å². The molecule has 1 unspecified atom stereocenters. The molecule has 0 aliphatic rings. The molecule has 0 aromatic heterocycles. The smallest absolute Gasteiger partial charge is 0.228 e. The fourth-order valence-electron chi connectivity index (χ4n) is 2.86. The number of halogens is 2. The first-order valence-corrected chi connectivity index (χ1v) is 10.6. The number of nitrogens with one attached hydrogen (secondary N) is 2. The molecule has 0 radical (unpaired) electrons. The molecule has 0 bridgehead atoms. The van der Waals surface area contributed by atoms with Crippen LogP contribution in [0.5, 0.6) is 5.75 Å². The molecule has 0 heterocycles. The molecule has 3 aromatic carbocycles. The first-order valence-electron chi connectivity index (χ1n) is 9.81. The zero-order valence-corrected chi connectivity index (χ0v) is 18.4. The second-order valence-corrected chi connectivity index (χ2v) is 7.78. The van der Waals surface area contributed by atoms with Gasteiger partial charge in [0.25, 0.3) is 0 Å². The van der Waals surface area contributed by atoms with E-state index in [-0.39, 0.29) is 18.4 Å². The zero-order valence-electron chi connectivity index (χ0n) is 16.9. The van der Waals surface area contributed by atoms with Gasteiger partial charge in [-0.05, 0) is 61.4 Å². The lowest BCUT2D eigenvalue weighted by molar-refractivity contribution is -0.115. The molecule has 0 aliphatic carbocycles. The minimum Gasteiger partial charge on any atom is -0.491 e. The number of amides is 1. The van der Waals surface area contributed by atoms with E-state index in [1.54, 1.807) is 18.2 Å². The van der Waals surface area contributed by atoms with Gasteiger partial charge < -0.3 is 15.4 Å². The van der Waals surface area contributed by atoms with Crippen LogP contribution in [0.4, 0.5) is 17.1 Å². The Balaban J connectivity index is 1.67. The summed E-state index contributed by atoms with van der Waals surface area (Å²) in [7, 11) is 0. The largest absolute Gasteiger partial charge is 0.491 e. The molecule has 0 aliphatic heterocycles. The van der Waals surface area contributed by atoms with Crippen LogP contribution in [0.3, 0.4) is 0 Å². The molecule has 1 amide bonds. The average Bonchev–Trinajstić information content (AvgIpc) is 2.73. The van der Waals surface area contributed by atoms with Gasteiger partial charge in [-0.2, -0.15) is 0 Å². The van der Waals surface area contributed by atoms with Crippen LogP contribution < -0.4 is 15.4 Å². The van der Waals surface area contributed by atoms with E-state index < -0.39 is 0 Å². The van der Waals surface area contributed by atoms with E-state index >= 15 is 0 Å². The van der Waals surface area contributed by atoms with Crippen LogP contribution in [0.2, 0.25) is 10.0 Å². The van der Waals surface area contributed by atoms with Gasteiger partial charge in [-0.25, -0.2) is 0 Å². The third kappa shape index (κ3) is 5.91. The summed E-state index contributed by atoms with van der Waals surface area (Å²) in [6.45, 7) is 4.10. The number of ether oxygens (including phenoxy) is 1. The Labute approximate surface area is 187 Å². The highest BCUT2D eigenvalue weighted by atomic mass is 35.5. The van der Waals surface area contributed by atoms with Crippen molar-refractivity contribution in [2.45, 2.75) is 32.8 Å². The van der Waals surface area contributed by atoms with Gasteiger partial charge in [-0.15, -0.1) is 0 Å². The molecule has 30 heavy (non-hydrogen) atoms. The first-order chi connectivity index (χ1) is 14.5. The number of hydrogen-bond donors (Lipinski definition) is 2. The van der Waals surface area contributed by atoms with Crippen molar-refractivity contribution in [2.24, 2.45) is 0 Å². The standard InChI is InChI=1S/C24H24Cl2N2O2/c1-3-16(2)30-19-13-11-18(12-14-19)27-23(29)15-17-7-4-5-10-22(17)28-24-20(25)8-6-9-21(24)26/h4-14,16,28H,3,15H2,1-2H3,(H,27,29). The van der Waals surface area contributed by atoms with Crippen molar-refractivity contribution in [1.82, 2.24) is 0 Å². The van der Waals surface area contributed by atoms with Gasteiger partial charge in [0.2, 0.25) is 5.91 Å². The van der Waals surface area contributed by atoms with Crippen molar-refractivity contribution in [3.8, 4) is 5.75 Å². The van der Waals surface area contributed by atoms with E-state index in [0.29, 0.717) is 15.7 Å². The summed E-state index contributed by atoms with van der Waals surface area (Å²) in [4.78, 5) is 12.6. The first kappa shape index (κ1) is 22.0. The van der Waals surface area contributed by atoms with E-state index in [1.807, 2.05) is 55.5 Å². The van der Waals surface area contributed by atoms with E-state index in [4.69, 9.17) is 27.9 Å². The summed E-state index contributed by atoms with van der Waals surface area (Å²) >= 11 is 12.5. The summed E-state index contributed by atoms with van der Waals surface area (Å²) in [5.74, 6) is 0.665. The van der Waals surface area contributed by atoms with Crippen LogP contribution >= 0.6 is 23.2 Å². The van der Waals surface area contributed by atoms with Gasteiger partial charge in [0, 0.05) is 11.4 Å². The number of rotatable bonds is 8. The van der Waals surface area contributed by atoms with Crippen molar-refractivity contribution >= 4 is 46.2 Å². The van der Waals surface area contributed by atoms with E-state index in [0.717, 1.165) is 29.1 Å². The summed E-state index contributed by atoms with van der Waals surface area (Å²) in [5, 5.41) is 7.20. The van der Waals surface area contributed by atoms with Gasteiger partial charge in [-0.3, -0.25) is 4.79 Å². The maximum absolute atomic E-state index is 12.6. The normalized spacial score (nSPS) is 11.6. The van der Waals surface area contributed by atoms with Gasteiger partial charge in [0.05, 0.1) is 28.3 Å². The van der Waals surface area contributed by atoms with E-state index in [2.05, 4.69) is 17.6 Å². The fourth-order valence-corrected chi connectivity index (χ4v) is 3.35. The minimum absolute atomic E-state index is 0.120. The minimum atomic E-state index is -0.120. The SMILES string of the molecule is CCC(C)Oc1ccc(NC(=O)Cc2ccccc2Nc2c(Cl)cccc2Cl)cc1. The molecule has 0 spiro atoms. The Morgan fingerprint density at radius 1 is 0.967 bits per heavy atom. The molecule has 3 aromatic rings. The molecular weight excluding hydrogens is 419 g/mol. The monoisotopic (exact) mass is 442 g/mol. The molecule has 0 saturated carbocycles. The fraction of sp³-hybridized carbons (Fsp3) is 0.208. The van der Waals surface area contributed by atoms with Crippen molar-refractivity contribution < 1.29 is 9.53 Å². The highest BCUT2D eigenvalue weighted by molar-refractivity contribution is 6.39. The van der Waals surface area contributed by atoms with Crippen molar-refractivity contribution in [1.29, 1.82) is 0 Å². The van der Waals surface area contributed by atoms with E-state index in [1.165, 1.54) is 0 Å². The molecule has 156 valence electrons.